The van der Waals surface area contributed by atoms with Gasteiger partial charge in [-0.2, -0.15) is 0 Å². The van der Waals surface area contributed by atoms with E-state index in [9.17, 15) is 4.57 Å². The van der Waals surface area contributed by atoms with Crippen molar-refractivity contribution in [2.24, 2.45) is 11.0 Å². The molecule has 0 rings (SSSR count). The van der Waals surface area contributed by atoms with Crippen LogP contribution in [-0.4, -0.2) is 7.11 Å². The van der Waals surface area contributed by atoms with Gasteiger partial charge in [-0.05, 0) is 0 Å². The molecular weight excluding hydrogens is 103 g/mol. The number of hydrogen-bond donors (Lipinski definition) is 2. The second-order valence-corrected chi connectivity index (χ2v) is 2.48. The van der Waals surface area contributed by atoms with Gasteiger partial charge in [0, 0.05) is 7.11 Å². The summed E-state index contributed by atoms with van der Waals surface area (Å²) < 4.78 is 14.0. The Morgan fingerprint density at radius 1 is 1.67 bits per heavy atom. The summed E-state index contributed by atoms with van der Waals surface area (Å²) in [4.78, 5) is 0. The highest BCUT2D eigenvalue weighted by Gasteiger charge is 2.00. The van der Waals surface area contributed by atoms with Gasteiger partial charge in [0.15, 0.2) is 0 Å². The Labute approximate surface area is 36.0 Å². The molecule has 0 saturated heterocycles. The number of rotatable bonds is 1. The molecule has 6 heavy (non-hydrogen) atoms. The Hall–Kier alpha value is 0.110. The highest BCUT2D eigenvalue weighted by atomic mass is 31.2. The molecule has 0 aliphatic rings. The van der Waals surface area contributed by atoms with Crippen LogP contribution in [0.25, 0.3) is 0 Å². The molecule has 0 atom stereocenters. The minimum Gasteiger partial charge on any atom is -0.310 e. The van der Waals surface area contributed by atoms with Crippen molar-refractivity contribution in [2.75, 3.05) is 7.11 Å². The monoisotopic (exact) mass is 110 g/mol. The van der Waals surface area contributed by atoms with Gasteiger partial charge in [0.1, 0.15) is 0 Å². The predicted molar refractivity (Wildman–Crippen MR) is 23.0 cm³/mol. The van der Waals surface area contributed by atoms with Gasteiger partial charge >= 0.3 is 7.67 Å². The third-order valence-corrected chi connectivity index (χ3v) is 0.856. The minimum atomic E-state index is -3.15. The van der Waals surface area contributed by atoms with E-state index in [1.54, 1.807) is 0 Å². The maximum atomic E-state index is 9.92. The summed E-state index contributed by atoms with van der Waals surface area (Å²) in [5, 5.41) is 0. The molecule has 4 N–H and O–H groups in total. The highest BCUT2D eigenvalue weighted by Crippen LogP contribution is 2.22. The van der Waals surface area contributed by atoms with Crippen LogP contribution in [0.5, 0.6) is 0 Å². The summed E-state index contributed by atoms with van der Waals surface area (Å²) >= 11 is 0. The van der Waals surface area contributed by atoms with E-state index in [-0.39, 0.29) is 0 Å². The van der Waals surface area contributed by atoms with Crippen LogP contribution in [0.1, 0.15) is 0 Å². The summed E-state index contributed by atoms with van der Waals surface area (Å²) in [6.45, 7) is 0. The van der Waals surface area contributed by atoms with Crippen molar-refractivity contribution in [2.45, 2.75) is 0 Å². The van der Waals surface area contributed by atoms with Gasteiger partial charge in [-0.3, -0.25) is 4.57 Å². The average Bonchev–Trinajstić information content (AvgIpc) is 1.35. The SMILES string of the molecule is COP(N)(N)=O. The molecule has 0 aromatic carbocycles. The van der Waals surface area contributed by atoms with Crippen LogP contribution >= 0.6 is 7.67 Å². The molecule has 0 unspecified atom stereocenters. The van der Waals surface area contributed by atoms with Crippen LogP contribution in [-0.2, 0) is 9.09 Å². The Balaban J connectivity index is 3.48. The molecule has 0 aliphatic carbocycles. The second kappa shape index (κ2) is 1.71. The molecular formula is CH7N2O2P. The fraction of sp³-hybridized carbons (Fsp3) is 1.00. The molecule has 0 amide bonds. The first-order chi connectivity index (χ1) is 2.56. The van der Waals surface area contributed by atoms with Crippen molar-refractivity contribution in [1.29, 1.82) is 0 Å². The topological polar surface area (TPSA) is 78.3 Å². The zero-order chi connectivity index (χ0) is 5.21. The third-order valence-electron chi connectivity index (χ3n) is 0.285. The smallest absolute Gasteiger partial charge is 0.310 e. The second-order valence-electron chi connectivity index (χ2n) is 0.828. The summed E-state index contributed by atoms with van der Waals surface area (Å²) in [5.74, 6) is 0. The van der Waals surface area contributed by atoms with Crippen LogP contribution in [0, 0.1) is 0 Å². The minimum absolute atomic E-state index is 1.20. The van der Waals surface area contributed by atoms with E-state index in [1.165, 1.54) is 7.11 Å². The molecule has 0 fully saturated rings. The lowest BCUT2D eigenvalue weighted by molar-refractivity contribution is 0.395. The molecule has 0 aromatic rings. The van der Waals surface area contributed by atoms with Gasteiger partial charge in [0.2, 0.25) is 0 Å². The lowest BCUT2D eigenvalue weighted by Crippen LogP contribution is -2.04. The van der Waals surface area contributed by atoms with E-state index in [4.69, 9.17) is 0 Å². The first kappa shape index (κ1) is 6.11. The Morgan fingerprint density at radius 3 is 1.83 bits per heavy atom. The average molecular weight is 110 g/mol. The van der Waals surface area contributed by atoms with Crippen LogP contribution in [0.3, 0.4) is 0 Å². The lowest BCUT2D eigenvalue weighted by atomic mass is 11.8. The fourth-order valence-electron chi connectivity index (χ4n) is 0. The van der Waals surface area contributed by atoms with E-state index < -0.39 is 7.67 Å². The summed E-state index contributed by atoms with van der Waals surface area (Å²) in [6.07, 6.45) is 0. The summed E-state index contributed by atoms with van der Waals surface area (Å²) in [6, 6.07) is 0. The molecule has 0 radical (unpaired) electrons. The molecule has 0 heterocycles. The van der Waals surface area contributed by atoms with Gasteiger partial charge < -0.3 is 4.52 Å². The first-order valence-electron chi connectivity index (χ1n) is 1.29. The molecule has 5 heteroatoms. The van der Waals surface area contributed by atoms with Crippen LogP contribution in [0.2, 0.25) is 0 Å². The van der Waals surface area contributed by atoms with E-state index in [0.717, 1.165) is 0 Å². The van der Waals surface area contributed by atoms with Gasteiger partial charge in [-0.1, -0.05) is 0 Å². The van der Waals surface area contributed by atoms with Crippen LogP contribution in [0.4, 0.5) is 0 Å². The van der Waals surface area contributed by atoms with Crippen molar-refractivity contribution < 1.29 is 9.09 Å². The van der Waals surface area contributed by atoms with E-state index >= 15 is 0 Å². The van der Waals surface area contributed by atoms with Gasteiger partial charge in [-0.15, -0.1) is 0 Å². The molecule has 4 nitrogen and oxygen atoms in total. The maximum absolute atomic E-state index is 9.92. The summed E-state index contributed by atoms with van der Waals surface area (Å²) in [7, 11) is -1.95. The standard InChI is InChI=1S/CH7N2O2P/c1-5-6(2,3)4/h1H3,(H4,2,3,4). The van der Waals surface area contributed by atoms with Gasteiger partial charge in [-0.25, -0.2) is 11.0 Å². The largest absolute Gasteiger partial charge is 0.335 e. The van der Waals surface area contributed by atoms with Gasteiger partial charge in [0.25, 0.3) is 0 Å². The molecule has 0 aliphatic heterocycles. The Bertz CT molecular complexity index is 75.6. The number of nitrogens with two attached hydrogens (primary N) is 2. The van der Waals surface area contributed by atoms with Crippen molar-refractivity contribution in [1.82, 2.24) is 0 Å². The molecule has 38 valence electrons. The van der Waals surface area contributed by atoms with Crippen molar-refractivity contribution in [3.63, 3.8) is 0 Å². The van der Waals surface area contributed by atoms with E-state index in [0.29, 0.717) is 0 Å². The van der Waals surface area contributed by atoms with E-state index in [1.807, 2.05) is 0 Å². The van der Waals surface area contributed by atoms with Gasteiger partial charge in [0.05, 0.1) is 0 Å². The van der Waals surface area contributed by atoms with Crippen molar-refractivity contribution in [3.05, 3.63) is 0 Å². The maximum Gasteiger partial charge on any atom is 0.335 e. The molecule has 0 bridgehead atoms. The van der Waals surface area contributed by atoms with E-state index in [2.05, 4.69) is 15.5 Å². The van der Waals surface area contributed by atoms with Crippen molar-refractivity contribution >= 4 is 7.67 Å². The zero-order valence-corrected chi connectivity index (χ0v) is 4.31. The normalized spacial score (nSPS) is 11.8. The summed E-state index contributed by atoms with van der Waals surface area (Å²) in [5.41, 5.74) is 9.29. The van der Waals surface area contributed by atoms with Crippen LogP contribution in [0.15, 0.2) is 0 Å². The first-order valence-corrected chi connectivity index (χ1v) is 3.05. The Kier molecular flexibility index (Phi) is 1.74. The fourth-order valence-corrected chi connectivity index (χ4v) is 0. The quantitative estimate of drug-likeness (QED) is 0.452. The molecule has 0 spiro atoms. The molecule has 0 saturated carbocycles. The third kappa shape index (κ3) is 4.11. The molecule has 0 aromatic heterocycles. The lowest BCUT2D eigenvalue weighted by Gasteiger charge is -1.97. The predicted octanol–water partition coefficient (Wildman–Crippen LogP) is -0.342. The zero-order valence-electron chi connectivity index (χ0n) is 3.42. The Morgan fingerprint density at radius 2 is 1.83 bits per heavy atom. The van der Waals surface area contributed by atoms with Crippen molar-refractivity contribution in [3.8, 4) is 0 Å². The highest BCUT2D eigenvalue weighted by molar-refractivity contribution is 7.53. The number of hydrogen-bond acceptors (Lipinski definition) is 2. The van der Waals surface area contributed by atoms with Crippen LogP contribution < -0.4 is 11.0 Å².